The Hall–Kier alpha value is -3.03. The molecule has 2 atom stereocenters. The number of carboxylic acids is 2. The van der Waals surface area contributed by atoms with E-state index in [1.807, 2.05) is 0 Å². The first-order valence-corrected chi connectivity index (χ1v) is 15.6. The molecule has 258 valence electrons. The Morgan fingerprint density at radius 1 is 0.800 bits per heavy atom. The maximum Gasteiger partial charge on any atom is 0.472 e. The number of esters is 2. The Morgan fingerprint density at radius 2 is 1.29 bits per heavy atom. The van der Waals surface area contributed by atoms with Crippen LogP contribution >= 0.6 is 7.82 Å². The molecule has 1 heterocycles. The molecule has 0 radical (unpaired) electrons. The van der Waals surface area contributed by atoms with Gasteiger partial charge in [0.2, 0.25) is 5.91 Å². The molecule has 1 saturated heterocycles. The Balaban J connectivity index is 2.69. The van der Waals surface area contributed by atoms with Crippen molar-refractivity contribution >= 4 is 43.9 Å². The lowest BCUT2D eigenvalue weighted by Gasteiger charge is -2.34. The Kier molecular flexibility index (Phi) is 19.3. The summed E-state index contributed by atoms with van der Waals surface area (Å²) in [6.07, 6.45) is -0.436. The predicted molar refractivity (Wildman–Crippen MR) is 149 cm³/mol. The van der Waals surface area contributed by atoms with Crippen LogP contribution in [-0.4, -0.2) is 172 Å². The number of carbonyl (C=O) groups excluding carboxylic acids is 6. The van der Waals surface area contributed by atoms with Gasteiger partial charge in [0.1, 0.15) is 12.9 Å². The summed E-state index contributed by atoms with van der Waals surface area (Å²) >= 11 is 0. The Bertz CT molecular complexity index is 1030. The number of aldehydes is 1. The summed E-state index contributed by atoms with van der Waals surface area (Å²) < 4.78 is 31.4. The van der Waals surface area contributed by atoms with Crippen LogP contribution < -0.4 is 15.5 Å². The van der Waals surface area contributed by atoms with Crippen molar-refractivity contribution in [3.05, 3.63) is 0 Å². The molecule has 1 rings (SSSR count). The van der Waals surface area contributed by atoms with Crippen LogP contribution in [0.25, 0.3) is 0 Å². The first kappa shape index (κ1) is 40.0. The lowest BCUT2D eigenvalue weighted by Crippen LogP contribution is -2.51. The zero-order valence-corrected chi connectivity index (χ0v) is 26.4. The molecule has 2 N–H and O–H groups in total. The molecule has 45 heavy (non-hydrogen) atoms. The van der Waals surface area contributed by atoms with Crippen LogP contribution in [0.15, 0.2) is 0 Å². The molecule has 0 bridgehead atoms. The van der Waals surface area contributed by atoms with Crippen LogP contribution in [-0.2, 0) is 51.9 Å². The fourth-order valence-corrected chi connectivity index (χ4v) is 4.84. The predicted octanol–water partition coefficient (Wildman–Crippen LogP) is -5.35. The number of rotatable bonds is 18. The minimum atomic E-state index is -4.63. The number of hydrogen-bond donors (Lipinski definition) is 2. The monoisotopic (exact) mass is 667 g/mol. The van der Waals surface area contributed by atoms with Crippen molar-refractivity contribution in [2.45, 2.75) is 20.0 Å². The van der Waals surface area contributed by atoms with E-state index in [-0.39, 0.29) is 58.9 Å². The van der Waals surface area contributed by atoms with Gasteiger partial charge in [-0.1, -0.05) is 0 Å². The van der Waals surface area contributed by atoms with Crippen molar-refractivity contribution in [2.24, 2.45) is 0 Å². The van der Waals surface area contributed by atoms with Crippen LogP contribution in [0, 0.1) is 0 Å². The Morgan fingerprint density at radius 3 is 1.73 bits per heavy atom. The van der Waals surface area contributed by atoms with Crippen molar-refractivity contribution in [1.82, 2.24) is 24.9 Å². The zero-order chi connectivity index (χ0) is 33.8. The van der Waals surface area contributed by atoms with Gasteiger partial charge in [-0.15, -0.1) is 0 Å². The summed E-state index contributed by atoms with van der Waals surface area (Å²) in [5.74, 6) is -4.45. The van der Waals surface area contributed by atoms with E-state index in [9.17, 15) is 48.4 Å². The van der Waals surface area contributed by atoms with Gasteiger partial charge in [-0.25, -0.2) is 4.57 Å². The van der Waals surface area contributed by atoms with Crippen molar-refractivity contribution in [1.29, 1.82) is 0 Å². The molecule has 20 heteroatoms. The number of carboxylic acid groups (broad SMARTS) is 2. The molecule has 1 amide bonds. The van der Waals surface area contributed by atoms with Gasteiger partial charge in [-0.3, -0.25) is 43.0 Å². The molecule has 0 aromatic carbocycles. The van der Waals surface area contributed by atoms with Crippen molar-refractivity contribution in [3.63, 3.8) is 0 Å². The molecular formula is C25H42N5O14P-2. The quantitative estimate of drug-likeness (QED) is 0.0599. The molecular weight excluding hydrogens is 625 g/mol. The molecule has 1 aliphatic heterocycles. The molecule has 0 saturated carbocycles. The van der Waals surface area contributed by atoms with Gasteiger partial charge in [0, 0.05) is 85.8 Å². The van der Waals surface area contributed by atoms with Crippen LogP contribution in [0.2, 0.25) is 0 Å². The summed E-state index contributed by atoms with van der Waals surface area (Å²) in [6.45, 7) is 2.03. The van der Waals surface area contributed by atoms with E-state index < -0.39 is 70.1 Å². The third kappa shape index (κ3) is 20.6. The highest BCUT2D eigenvalue weighted by Gasteiger charge is 2.25. The zero-order valence-electron chi connectivity index (χ0n) is 25.5. The number of aliphatic carboxylic acids is 2. The number of nitrogens with one attached hydrogen (secondary N) is 1. The molecule has 2 unspecified atom stereocenters. The third-order valence-corrected chi connectivity index (χ3v) is 7.23. The minimum Gasteiger partial charge on any atom is -0.549 e. The average molecular weight is 668 g/mol. The normalized spacial score (nSPS) is 18.4. The standard InChI is InChI=1S/C25H44N5O14P/c1-20(32)41-18-22(44-21(2)33)19-43-45(39,40)42-14-3-26-23(34)15-28-6-4-27(12-13-31)5-7-29(16-24(35)36)10-11-30(9-8-28)17-25(37)38/h13,22H,3-12,14-19H2,1-2H3,(H,26,34)(H,35,36)(H,37,38)(H,39,40)/p-2. The summed E-state index contributed by atoms with van der Waals surface area (Å²) in [5.41, 5.74) is 0. The number of ether oxygens (including phenoxy) is 2. The van der Waals surface area contributed by atoms with Crippen molar-refractivity contribution < 1.29 is 67.0 Å². The highest BCUT2D eigenvalue weighted by molar-refractivity contribution is 7.47. The van der Waals surface area contributed by atoms with Gasteiger partial charge < -0.3 is 44.3 Å². The van der Waals surface area contributed by atoms with Gasteiger partial charge >= 0.3 is 19.8 Å². The summed E-state index contributed by atoms with van der Waals surface area (Å²) in [5, 5.41) is 25.0. The second-order valence-electron chi connectivity index (χ2n) is 10.0. The SMILES string of the molecule is CC(=O)OCC(COP(=O)(O)OCCNC(=O)CN1CCN(CC=O)CCN(CC(=O)[O-])CCN(CC(=O)[O-])CC1)OC(C)=O. The first-order chi connectivity index (χ1) is 21.2. The van der Waals surface area contributed by atoms with Crippen LogP contribution in [0.3, 0.4) is 0 Å². The lowest BCUT2D eigenvalue weighted by molar-refractivity contribution is -0.308. The smallest absolute Gasteiger partial charge is 0.472 e. The fourth-order valence-electron chi connectivity index (χ4n) is 4.09. The van der Waals surface area contributed by atoms with E-state index in [1.165, 1.54) is 0 Å². The van der Waals surface area contributed by atoms with Crippen molar-refractivity contribution in [3.8, 4) is 0 Å². The van der Waals surface area contributed by atoms with Gasteiger partial charge in [-0.05, 0) is 0 Å². The van der Waals surface area contributed by atoms with E-state index in [0.29, 0.717) is 25.9 Å². The minimum absolute atomic E-state index is 0.0853. The van der Waals surface area contributed by atoms with Gasteiger partial charge in [0.25, 0.3) is 0 Å². The van der Waals surface area contributed by atoms with E-state index in [2.05, 4.69) is 5.32 Å². The molecule has 1 fully saturated rings. The summed E-state index contributed by atoms with van der Waals surface area (Å²) in [7, 11) is -4.63. The second-order valence-corrected chi connectivity index (χ2v) is 11.5. The number of hydrogen-bond acceptors (Lipinski definition) is 17. The molecule has 0 aromatic heterocycles. The first-order valence-electron chi connectivity index (χ1n) is 14.1. The van der Waals surface area contributed by atoms with E-state index in [0.717, 1.165) is 13.8 Å². The van der Waals surface area contributed by atoms with Crippen LogP contribution in [0.5, 0.6) is 0 Å². The number of phosphoric ester groups is 1. The number of amides is 1. The maximum atomic E-state index is 12.7. The van der Waals surface area contributed by atoms with Crippen LogP contribution in [0.4, 0.5) is 0 Å². The largest absolute Gasteiger partial charge is 0.549 e. The van der Waals surface area contributed by atoms with E-state index >= 15 is 0 Å². The fraction of sp³-hybridized carbons (Fsp3) is 0.760. The number of carbonyl (C=O) groups is 6. The highest BCUT2D eigenvalue weighted by Crippen LogP contribution is 2.43. The average Bonchev–Trinajstić information content (AvgIpc) is 2.93. The highest BCUT2D eigenvalue weighted by atomic mass is 31.2. The number of nitrogens with zero attached hydrogens (tertiary/aromatic N) is 4. The number of phosphoric acid groups is 1. The molecule has 0 aromatic rings. The van der Waals surface area contributed by atoms with E-state index in [4.69, 9.17) is 18.5 Å². The van der Waals surface area contributed by atoms with Crippen LogP contribution in [0.1, 0.15) is 13.8 Å². The summed E-state index contributed by atoms with van der Waals surface area (Å²) in [4.78, 5) is 85.1. The van der Waals surface area contributed by atoms with E-state index in [1.54, 1.807) is 19.6 Å². The van der Waals surface area contributed by atoms with Gasteiger partial charge in [-0.2, -0.15) is 0 Å². The second kappa shape index (κ2) is 21.7. The maximum absolute atomic E-state index is 12.7. The molecule has 19 nitrogen and oxygen atoms in total. The van der Waals surface area contributed by atoms with Gasteiger partial charge in [0.05, 0.1) is 38.2 Å². The van der Waals surface area contributed by atoms with Crippen molar-refractivity contribution in [2.75, 3.05) is 105 Å². The summed E-state index contributed by atoms with van der Waals surface area (Å²) in [6, 6.07) is 0. The van der Waals surface area contributed by atoms with Gasteiger partial charge in [0.15, 0.2) is 6.10 Å². The molecule has 0 spiro atoms. The molecule has 1 aliphatic rings. The topological polar surface area (TPSA) is 248 Å². The Labute approximate surface area is 260 Å². The lowest BCUT2D eigenvalue weighted by atomic mass is 10.3. The third-order valence-electron chi connectivity index (χ3n) is 6.24. The molecule has 0 aliphatic carbocycles.